The number of H-pyrrole nitrogens is 1. The van der Waals surface area contributed by atoms with Crippen molar-refractivity contribution in [3.63, 3.8) is 0 Å². The molecule has 3 nitrogen and oxygen atoms in total. The van der Waals surface area contributed by atoms with Gasteiger partial charge in [0.25, 0.3) is 0 Å². The number of aromatic amines is 1. The standard InChI is InChI=1S/C9H13BrN2O/c10-5-8-6-11-12-9(8)7-1-3-13-4-2-7/h6-7H,1-5H2,(H,11,12). The fourth-order valence-electron chi connectivity index (χ4n) is 1.77. The molecule has 1 aliphatic heterocycles. The Kier molecular flexibility index (Phi) is 3.01. The molecule has 0 spiro atoms. The van der Waals surface area contributed by atoms with Crippen molar-refractivity contribution >= 4 is 15.9 Å². The van der Waals surface area contributed by atoms with Gasteiger partial charge in [0.2, 0.25) is 0 Å². The Morgan fingerprint density at radius 1 is 1.54 bits per heavy atom. The number of aromatic nitrogens is 2. The number of nitrogens with one attached hydrogen (secondary N) is 1. The molecule has 0 amide bonds. The molecule has 1 fully saturated rings. The molecule has 72 valence electrons. The van der Waals surface area contributed by atoms with Gasteiger partial charge < -0.3 is 4.74 Å². The van der Waals surface area contributed by atoms with Crippen molar-refractivity contribution in [2.24, 2.45) is 0 Å². The summed E-state index contributed by atoms with van der Waals surface area (Å²) >= 11 is 3.46. The number of halogens is 1. The van der Waals surface area contributed by atoms with E-state index in [9.17, 15) is 0 Å². The molecule has 0 unspecified atom stereocenters. The van der Waals surface area contributed by atoms with E-state index >= 15 is 0 Å². The SMILES string of the molecule is BrCc1cn[nH]c1C1CCOCC1. The molecule has 13 heavy (non-hydrogen) atoms. The maximum Gasteiger partial charge on any atom is 0.0530 e. The van der Waals surface area contributed by atoms with Crippen molar-refractivity contribution in [2.75, 3.05) is 13.2 Å². The minimum Gasteiger partial charge on any atom is -0.381 e. The lowest BCUT2D eigenvalue weighted by Gasteiger charge is -2.21. The fourth-order valence-corrected chi connectivity index (χ4v) is 2.21. The second kappa shape index (κ2) is 4.24. The number of ether oxygens (including phenoxy) is 1. The van der Waals surface area contributed by atoms with Crippen molar-refractivity contribution in [1.82, 2.24) is 10.2 Å². The quantitative estimate of drug-likeness (QED) is 0.811. The van der Waals surface area contributed by atoms with Gasteiger partial charge in [0, 0.05) is 35.7 Å². The van der Waals surface area contributed by atoms with Crippen molar-refractivity contribution in [3.05, 3.63) is 17.5 Å². The molecule has 1 aromatic rings. The molecule has 1 aliphatic rings. The average molecular weight is 245 g/mol. The number of alkyl halides is 1. The summed E-state index contributed by atoms with van der Waals surface area (Å²) in [6.45, 7) is 1.76. The van der Waals surface area contributed by atoms with Crippen LogP contribution in [-0.2, 0) is 10.1 Å². The summed E-state index contributed by atoms with van der Waals surface area (Å²) in [6.07, 6.45) is 4.13. The lowest BCUT2D eigenvalue weighted by Crippen LogP contribution is -2.15. The average Bonchev–Trinajstić information content (AvgIpc) is 2.67. The van der Waals surface area contributed by atoms with E-state index in [4.69, 9.17) is 4.74 Å². The van der Waals surface area contributed by atoms with Crippen LogP contribution in [0.4, 0.5) is 0 Å². The van der Waals surface area contributed by atoms with Crippen LogP contribution in [0.1, 0.15) is 30.0 Å². The molecule has 2 heterocycles. The molecule has 1 N–H and O–H groups in total. The molecule has 0 atom stereocenters. The van der Waals surface area contributed by atoms with Gasteiger partial charge in [-0.1, -0.05) is 15.9 Å². The number of nitrogens with zero attached hydrogens (tertiary/aromatic N) is 1. The van der Waals surface area contributed by atoms with E-state index in [0.717, 1.165) is 31.4 Å². The zero-order chi connectivity index (χ0) is 9.10. The van der Waals surface area contributed by atoms with E-state index in [1.54, 1.807) is 0 Å². The van der Waals surface area contributed by atoms with Crippen LogP contribution in [0.5, 0.6) is 0 Å². The Morgan fingerprint density at radius 3 is 3.00 bits per heavy atom. The Morgan fingerprint density at radius 2 is 2.31 bits per heavy atom. The van der Waals surface area contributed by atoms with Crippen LogP contribution < -0.4 is 0 Å². The molecular formula is C9H13BrN2O. The smallest absolute Gasteiger partial charge is 0.0530 e. The topological polar surface area (TPSA) is 37.9 Å². The summed E-state index contributed by atoms with van der Waals surface area (Å²) in [5.41, 5.74) is 2.58. The third-order valence-corrected chi connectivity index (χ3v) is 3.13. The molecule has 0 saturated carbocycles. The maximum atomic E-state index is 5.33. The van der Waals surface area contributed by atoms with Gasteiger partial charge in [-0.2, -0.15) is 5.10 Å². The van der Waals surface area contributed by atoms with Gasteiger partial charge in [0.1, 0.15) is 0 Å². The lowest BCUT2D eigenvalue weighted by atomic mass is 9.94. The summed E-state index contributed by atoms with van der Waals surface area (Å²) in [4.78, 5) is 0. The third kappa shape index (κ3) is 1.94. The zero-order valence-electron chi connectivity index (χ0n) is 7.42. The minimum absolute atomic E-state index is 0.615. The summed E-state index contributed by atoms with van der Waals surface area (Å²) in [6, 6.07) is 0. The van der Waals surface area contributed by atoms with Gasteiger partial charge in [0.05, 0.1) is 6.20 Å². The Labute approximate surface area is 86.0 Å². The fraction of sp³-hybridized carbons (Fsp3) is 0.667. The van der Waals surface area contributed by atoms with Crippen molar-refractivity contribution in [1.29, 1.82) is 0 Å². The van der Waals surface area contributed by atoms with Crippen molar-refractivity contribution in [3.8, 4) is 0 Å². The second-order valence-corrected chi connectivity index (χ2v) is 3.89. The van der Waals surface area contributed by atoms with Crippen LogP contribution in [0.15, 0.2) is 6.20 Å². The molecule has 0 aromatic carbocycles. The first kappa shape index (κ1) is 9.21. The molecular weight excluding hydrogens is 232 g/mol. The van der Waals surface area contributed by atoms with E-state index in [1.165, 1.54) is 11.3 Å². The lowest BCUT2D eigenvalue weighted by molar-refractivity contribution is 0.0843. The second-order valence-electron chi connectivity index (χ2n) is 3.33. The first-order valence-corrected chi connectivity index (χ1v) is 5.70. The first-order chi connectivity index (χ1) is 6.42. The van der Waals surface area contributed by atoms with Gasteiger partial charge in [0.15, 0.2) is 0 Å². The number of rotatable bonds is 2. The van der Waals surface area contributed by atoms with Gasteiger partial charge >= 0.3 is 0 Å². The molecule has 0 aliphatic carbocycles. The van der Waals surface area contributed by atoms with E-state index < -0.39 is 0 Å². The highest BCUT2D eigenvalue weighted by Crippen LogP contribution is 2.28. The van der Waals surface area contributed by atoms with E-state index in [-0.39, 0.29) is 0 Å². The predicted octanol–water partition coefficient (Wildman–Crippen LogP) is 2.20. The van der Waals surface area contributed by atoms with Gasteiger partial charge in [-0.15, -0.1) is 0 Å². The van der Waals surface area contributed by atoms with Crippen LogP contribution in [-0.4, -0.2) is 23.4 Å². The molecule has 1 aromatic heterocycles. The van der Waals surface area contributed by atoms with Crippen LogP contribution in [0.2, 0.25) is 0 Å². The summed E-state index contributed by atoms with van der Waals surface area (Å²) < 4.78 is 5.33. The van der Waals surface area contributed by atoms with Crippen LogP contribution in [0.3, 0.4) is 0 Å². The molecule has 0 radical (unpaired) electrons. The Hall–Kier alpha value is -0.350. The van der Waals surface area contributed by atoms with Crippen LogP contribution in [0, 0.1) is 0 Å². The van der Waals surface area contributed by atoms with Crippen molar-refractivity contribution < 1.29 is 4.74 Å². The minimum atomic E-state index is 0.615. The maximum absolute atomic E-state index is 5.33. The predicted molar refractivity (Wildman–Crippen MR) is 54.0 cm³/mol. The zero-order valence-corrected chi connectivity index (χ0v) is 9.01. The highest BCUT2D eigenvalue weighted by atomic mass is 79.9. The number of hydrogen-bond donors (Lipinski definition) is 1. The largest absolute Gasteiger partial charge is 0.381 e. The highest BCUT2D eigenvalue weighted by molar-refractivity contribution is 9.08. The third-order valence-electron chi connectivity index (χ3n) is 2.52. The Balaban J connectivity index is 2.13. The number of hydrogen-bond acceptors (Lipinski definition) is 2. The summed E-state index contributed by atoms with van der Waals surface area (Å²) in [7, 11) is 0. The first-order valence-electron chi connectivity index (χ1n) is 4.57. The molecule has 0 bridgehead atoms. The van der Waals surface area contributed by atoms with Crippen LogP contribution in [0.25, 0.3) is 0 Å². The monoisotopic (exact) mass is 244 g/mol. The normalized spacial score (nSPS) is 19.2. The molecule has 2 rings (SSSR count). The van der Waals surface area contributed by atoms with Crippen LogP contribution >= 0.6 is 15.9 Å². The van der Waals surface area contributed by atoms with E-state index in [2.05, 4.69) is 26.1 Å². The van der Waals surface area contributed by atoms with E-state index in [1.807, 2.05) is 6.20 Å². The summed E-state index contributed by atoms with van der Waals surface area (Å²) in [5, 5.41) is 8.05. The van der Waals surface area contributed by atoms with Gasteiger partial charge in [-0.3, -0.25) is 5.10 Å². The highest BCUT2D eigenvalue weighted by Gasteiger charge is 2.19. The Bertz CT molecular complexity index is 268. The summed E-state index contributed by atoms with van der Waals surface area (Å²) in [5.74, 6) is 0.615. The molecule has 1 saturated heterocycles. The molecule has 4 heteroatoms. The van der Waals surface area contributed by atoms with E-state index in [0.29, 0.717) is 5.92 Å². The van der Waals surface area contributed by atoms with Gasteiger partial charge in [-0.05, 0) is 12.8 Å². The van der Waals surface area contributed by atoms with Crippen molar-refractivity contribution in [2.45, 2.75) is 24.1 Å². The van der Waals surface area contributed by atoms with Gasteiger partial charge in [-0.25, -0.2) is 0 Å².